The second-order valence-electron chi connectivity index (χ2n) is 8.76. The Morgan fingerprint density at radius 1 is 0.889 bits per heavy atom. The lowest BCUT2D eigenvalue weighted by molar-refractivity contribution is 0.122. The molecule has 0 amide bonds. The molecule has 0 saturated carbocycles. The van der Waals surface area contributed by atoms with E-state index in [1.807, 2.05) is 18.2 Å². The standard InChI is InChI=1S/C29H31N3O4/c1-20-6-4-5-7-23(20)22-9-10-25-24(19-22)28(32-13-16-35-17-14-32)31-29(30-25)36-15-12-21-8-11-26(33-2)27(18-21)34-3/h4-11,18-19H,12-17H2,1-3H3. The van der Waals surface area contributed by atoms with E-state index in [1.165, 1.54) is 11.1 Å². The number of methoxy groups -OCH3 is 2. The first kappa shape index (κ1) is 23.9. The maximum Gasteiger partial charge on any atom is 0.318 e. The van der Waals surface area contributed by atoms with Crippen LogP contribution < -0.4 is 19.1 Å². The van der Waals surface area contributed by atoms with Crippen molar-refractivity contribution in [3.8, 4) is 28.6 Å². The molecule has 0 atom stereocenters. The minimum absolute atomic E-state index is 0.383. The van der Waals surface area contributed by atoms with Crippen LogP contribution >= 0.6 is 0 Å². The van der Waals surface area contributed by atoms with E-state index in [2.05, 4.69) is 54.3 Å². The Hall–Kier alpha value is -3.84. The molecule has 7 heteroatoms. The smallest absolute Gasteiger partial charge is 0.318 e. The average Bonchev–Trinajstić information content (AvgIpc) is 2.93. The van der Waals surface area contributed by atoms with E-state index >= 15 is 0 Å². The molecule has 186 valence electrons. The molecule has 0 aliphatic carbocycles. The maximum absolute atomic E-state index is 6.06. The molecule has 1 aliphatic rings. The van der Waals surface area contributed by atoms with Gasteiger partial charge in [0.25, 0.3) is 0 Å². The Bertz CT molecular complexity index is 1350. The Kier molecular flexibility index (Phi) is 7.18. The first-order valence-electron chi connectivity index (χ1n) is 12.2. The van der Waals surface area contributed by atoms with Crippen molar-refractivity contribution in [3.63, 3.8) is 0 Å². The van der Waals surface area contributed by atoms with E-state index < -0.39 is 0 Å². The summed E-state index contributed by atoms with van der Waals surface area (Å²) in [7, 11) is 3.27. The van der Waals surface area contributed by atoms with Crippen LogP contribution in [0.5, 0.6) is 17.5 Å². The third-order valence-corrected chi connectivity index (χ3v) is 6.49. The molecule has 3 aromatic carbocycles. The highest BCUT2D eigenvalue weighted by molar-refractivity contribution is 5.93. The van der Waals surface area contributed by atoms with Crippen molar-refractivity contribution >= 4 is 16.7 Å². The molecule has 7 nitrogen and oxygen atoms in total. The summed E-state index contributed by atoms with van der Waals surface area (Å²) in [6.07, 6.45) is 0.695. The molecule has 0 N–H and O–H groups in total. The van der Waals surface area contributed by atoms with Gasteiger partial charge in [-0.1, -0.05) is 36.4 Å². The van der Waals surface area contributed by atoms with E-state index in [0.717, 1.165) is 40.9 Å². The summed E-state index contributed by atoms with van der Waals surface area (Å²) < 4.78 is 22.4. The first-order chi connectivity index (χ1) is 17.7. The zero-order chi connectivity index (χ0) is 24.9. The number of benzene rings is 3. The lowest BCUT2D eigenvalue weighted by atomic mass is 9.99. The second-order valence-corrected chi connectivity index (χ2v) is 8.76. The van der Waals surface area contributed by atoms with Crippen LogP contribution in [0.3, 0.4) is 0 Å². The summed E-state index contributed by atoms with van der Waals surface area (Å²) in [5, 5.41) is 1.02. The van der Waals surface area contributed by atoms with Crippen LogP contribution in [0.15, 0.2) is 60.7 Å². The van der Waals surface area contributed by atoms with E-state index in [1.54, 1.807) is 14.2 Å². The topological polar surface area (TPSA) is 65.9 Å². The SMILES string of the molecule is COc1ccc(CCOc2nc(N3CCOCC3)c3cc(-c4ccccc4C)ccc3n2)cc1OC. The van der Waals surface area contributed by atoms with Gasteiger partial charge in [0.15, 0.2) is 11.5 Å². The van der Waals surface area contributed by atoms with Gasteiger partial charge in [-0.3, -0.25) is 0 Å². The number of morpholine rings is 1. The number of hydrogen-bond donors (Lipinski definition) is 0. The summed E-state index contributed by atoms with van der Waals surface area (Å²) >= 11 is 0. The molecular weight excluding hydrogens is 454 g/mol. The van der Waals surface area contributed by atoms with E-state index in [0.29, 0.717) is 43.8 Å². The molecule has 0 radical (unpaired) electrons. The fourth-order valence-electron chi connectivity index (χ4n) is 4.53. The van der Waals surface area contributed by atoms with Crippen molar-refractivity contribution in [2.45, 2.75) is 13.3 Å². The normalized spacial score (nSPS) is 13.6. The Morgan fingerprint density at radius 3 is 2.47 bits per heavy atom. The highest BCUT2D eigenvalue weighted by atomic mass is 16.5. The van der Waals surface area contributed by atoms with Gasteiger partial charge < -0.3 is 23.8 Å². The zero-order valence-corrected chi connectivity index (χ0v) is 21.0. The molecule has 0 bridgehead atoms. The summed E-state index contributed by atoms with van der Waals surface area (Å²) in [6, 6.07) is 21.1. The van der Waals surface area contributed by atoms with Crippen LogP contribution in [0.1, 0.15) is 11.1 Å². The third-order valence-electron chi connectivity index (χ3n) is 6.49. The van der Waals surface area contributed by atoms with Gasteiger partial charge in [-0.25, -0.2) is 0 Å². The van der Waals surface area contributed by atoms with Crippen LogP contribution in [0.2, 0.25) is 0 Å². The summed E-state index contributed by atoms with van der Waals surface area (Å²) in [6.45, 7) is 5.51. The van der Waals surface area contributed by atoms with Crippen molar-refractivity contribution in [2.24, 2.45) is 0 Å². The molecule has 5 rings (SSSR count). The van der Waals surface area contributed by atoms with E-state index in [-0.39, 0.29) is 0 Å². The number of fused-ring (bicyclic) bond motifs is 1. The highest BCUT2D eigenvalue weighted by Gasteiger charge is 2.19. The van der Waals surface area contributed by atoms with Crippen molar-refractivity contribution in [2.75, 3.05) is 52.0 Å². The number of nitrogens with zero attached hydrogens (tertiary/aromatic N) is 3. The minimum atomic E-state index is 0.383. The van der Waals surface area contributed by atoms with Gasteiger partial charge in [0.2, 0.25) is 0 Å². The summed E-state index contributed by atoms with van der Waals surface area (Å²) in [4.78, 5) is 11.9. The number of ether oxygens (including phenoxy) is 4. The van der Waals surface area contributed by atoms with Crippen molar-refractivity contribution in [3.05, 3.63) is 71.8 Å². The zero-order valence-electron chi connectivity index (χ0n) is 21.0. The van der Waals surface area contributed by atoms with Gasteiger partial charge in [-0.2, -0.15) is 9.97 Å². The number of anilines is 1. The highest BCUT2D eigenvalue weighted by Crippen LogP contribution is 2.32. The lowest BCUT2D eigenvalue weighted by Crippen LogP contribution is -2.37. The van der Waals surface area contributed by atoms with Gasteiger partial charge in [0.05, 0.1) is 39.6 Å². The molecule has 4 aromatic rings. The van der Waals surface area contributed by atoms with Crippen LogP contribution in [0, 0.1) is 6.92 Å². The lowest BCUT2D eigenvalue weighted by Gasteiger charge is -2.29. The van der Waals surface area contributed by atoms with Crippen molar-refractivity contribution in [1.82, 2.24) is 9.97 Å². The van der Waals surface area contributed by atoms with Crippen molar-refractivity contribution < 1.29 is 18.9 Å². The summed E-state index contributed by atoms with van der Waals surface area (Å²) in [5.74, 6) is 2.30. The molecule has 2 heterocycles. The van der Waals surface area contributed by atoms with Crippen LogP contribution in [0.4, 0.5) is 5.82 Å². The monoisotopic (exact) mass is 485 g/mol. The summed E-state index contributed by atoms with van der Waals surface area (Å²) in [5.41, 5.74) is 5.55. The fourth-order valence-corrected chi connectivity index (χ4v) is 4.53. The van der Waals surface area contributed by atoms with Crippen molar-refractivity contribution in [1.29, 1.82) is 0 Å². The van der Waals surface area contributed by atoms with E-state index in [9.17, 15) is 0 Å². The predicted molar refractivity (Wildman–Crippen MR) is 141 cm³/mol. The molecular formula is C29H31N3O4. The van der Waals surface area contributed by atoms with E-state index in [4.69, 9.17) is 28.9 Å². The maximum atomic E-state index is 6.06. The largest absolute Gasteiger partial charge is 0.493 e. The Labute approximate surface area is 211 Å². The number of hydrogen-bond acceptors (Lipinski definition) is 7. The van der Waals surface area contributed by atoms with Gasteiger partial charge >= 0.3 is 6.01 Å². The molecule has 1 aromatic heterocycles. The molecule has 36 heavy (non-hydrogen) atoms. The fraction of sp³-hybridized carbons (Fsp3) is 0.310. The quantitative estimate of drug-likeness (QED) is 0.345. The van der Waals surface area contributed by atoms with Crippen LogP contribution in [-0.4, -0.2) is 57.1 Å². The predicted octanol–water partition coefficient (Wildman–Crippen LogP) is 5.08. The second kappa shape index (κ2) is 10.8. The van der Waals surface area contributed by atoms with Gasteiger partial charge in [-0.05, 0) is 53.4 Å². The number of aromatic nitrogens is 2. The van der Waals surface area contributed by atoms with Gasteiger partial charge in [0, 0.05) is 24.9 Å². The molecule has 1 saturated heterocycles. The molecule has 0 spiro atoms. The number of aryl methyl sites for hydroxylation is 1. The molecule has 1 fully saturated rings. The van der Waals surface area contributed by atoms with Crippen LogP contribution in [-0.2, 0) is 11.2 Å². The van der Waals surface area contributed by atoms with Gasteiger partial charge in [-0.15, -0.1) is 0 Å². The molecule has 0 unspecified atom stereocenters. The Morgan fingerprint density at radius 2 is 1.69 bits per heavy atom. The first-order valence-corrected chi connectivity index (χ1v) is 12.2. The average molecular weight is 486 g/mol. The van der Waals surface area contributed by atoms with Crippen LogP contribution in [0.25, 0.3) is 22.0 Å². The third kappa shape index (κ3) is 5.06. The van der Waals surface area contributed by atoms with Gasteiger partial charge in [0.1, 0.15) is 5.82 Å². The number of rotatable bonds is 8. The molecule has 1 aliphatic heterocycles. The Balaban J connectivity index is 1.43. The minimum Gasteiger partial charge on any atom is -0.493 e.